The van der Waals surface area contributed by atoms with E-state index in [1.165, 1.54) is 0 Å². The number of pyridine rings is 1. The Bertz CT molecular complexity index is 654. The number of fused-ring (bicyclic) bond motifs is 1. The predicted molar refractivity (Wildman–Crippen MR) is 78.0 cm³/mol. The first kappa shape index (κ1) is 14.7. The Morgan fingerprint density at radius 2 is 1.89 bits per heavy atom. The third kappa shape index (κ3) is 2.35. The lowest BCUT2D eigenvalue weighted by atomic mass is 10.2. The molecule has 0 aliphatic carbocycles. The lowest BCUT2D eigenvalue weighted by molar-refractivity contribution is -1.19. The quantitative estimate of drug-likeness (QED) is 0.398. The van der Waals surface area contributed by atoms with Crippen molar-refractivity contribution in [2.24, 2.45) is 0 Å². The Morgan fingerprint density at radius 1 is 1.28 bits per heavy atom. The number of quaternary nitrogens is 1. The fourth-order valence-corrected chi connectivity index (χ4v) is 3.10. The van der Waals surface area contributed by atoms with E-state index in [1.54, 1.807) is 6.07 Å². The Labute approximate surface area is 128 Å². The number of rotatable bonds is 1. The van der Waals surface area contributed by atoms with Crippen LogP contribution in [0.25, 0.3) is 10.9 Å². The van der Waals surface area contributed by atoms with Gasteiger partial charge in [0.2, 0.25) is 0 Å². The minimum absolute atomic E-state index is 0.0862. The zero-order chi connectivity index (χ0) is 13.6. The van der Waals surface area contributed by atoms with Crippen molar-refractivity contribution in [2.75, 3.05) is 0 Å². The molecule has 18 heavy (non-hydrogen) atoms. The lowest BCUT2D eigenvalue weighted by Gasteiger charge is -2.11. The number of nitrogens with one attached hydrogen (secondary N) is 1. The summed E-state index contributed by atoms with van der Waals surface area (Å²) < 4.78 is 0.659. The van der Waals surface area contributed by atoms with Crippen molar-refractivity contribution in [3.8, 4) is 0 Å². The molecule has 2 rings (SSSR count). The van der Waals surface area contributed by atoms with Gasteiger partial charge in [-0.3, -0.25) is 0 Å². The van der Waals surface area contributed by atoms with E-state index in [0.717, 1.165) is 0 Å². The average molecular weight is 391 g/mol. The smallest absolute Gasteiger partial charge is 0.229 e. The number of hydrogen-bond donors (Lipinski definition) is 3. The molecule has 0 amide bonds. The van der Waals surface area contributed by atoms with Crippen LogP contribution >= 0.6 is 60.0 Å². The maximum atomic E-state index is 9.15. The maximum Gasteiger partial charge on any atom is 0.253 e. The largest absolute Gasteiger partial charge is 0.253 e. The summed E-state index contributed by atoms with van der Waals surface area (Å²) in [5, 5.41) is 18.9. The van der Waals surface area contributed by atoms with Crippen molar-refractivity contribution in [3.63, 3.8) is 0 Å². The maximum absolute atomic E-state index is 9.15. The van der Waals surface area contributed by atoms with Crippen molar-refractivity contribution in [3.05, 3.63) is 25.7 Å². The van der Waals surface area contributed by atoms with E-state index in [4.69, 9.17) is 45.2 Å². The van der Waals surface area contributed by atoms with Crippen LogP contribution < -0.4 is 10.5 Å². The van der Waals surface area contributed by atoms with Gasteiger partial charge in [-0.05, 0) is 27.2 Å². The van der Waals surface area contributed by atoms with Gasteiger partial charge < -0.3 is 0 Å². The van der Waals surface area contributed by atoms with Crippen LogP contribution in [-0.2, 0) is 0 Å². The molecule has 0 saturated heterocycles. The van der Waals surface area contributed by atoms with Gasteiger partial charge in [0, 0.05) is 15.2 Å². The number of aromatic nitrogens is 1. The van der Waals surface area contributed by atoms with Gasteiger partial charge in [-0.2, -0.15) is 10.4 Å². The fraction of sp³-hybridized carbons (Fsp3) is 0. The highest BCUT2D eigenvalue weighted by Gasteiger charge is 2.23. The average Bonchev–Trinajstić information content (AvgIpc) is 2.28. The standard InChI is InChI=1S/C9H5BrCl3N2O2P/c10-4-3(11)1-2-5(12)7(15(16)17)9(13)14-6(2)8(4)18/h1,16-17H,18H2/p+1. The van der Waals surface area contributed by atoms with Gasteiger partial charge >= 0.3 is 0 Å². The summed E-state index contributed by atoms with van der Waals surface area (Å²) in [5.74, 6) is 0. The van der Waals surface area contributed by atoms with Gasteiger partial charge in [-0.25, -0.2) is 4.98 Å². The van der Waals surface area contributed by atoms with E-state index in [0.29, 0.717) is 25.7 Å². The van der Waals surface area contributed by atoms with Crippen molar-refractivity contribution in [1.29, 1.82) is 0 Å². The van der Waals surface area contributed by atoms with Gasteiger partial charge in [0.05, 0.1) is 10.5 Å². The molecule has 0 aliphatic rings. The molecule has 0 aliphatic heterocycles. The van der Waals surface area contributed by atoms with Crippen LogP contribution in [0.5, 0.6) is 0 Å². The van der Waals surface area contributed by atoms with Crippen molar-refractivity contribution in [1.82, 2.24) is 4.98 Å². The van der Waals surface area contributed by atoms with Gasteiger partial charge in [0.1, 0.15) is 5.02 Å². The van der Waals surface area contributed by atoms with Crippen molar-refractivity contribution < 1.29 is 15.6 Å². The predicted octanol–water partition coefficient (Wildman–Crippen LogP) is 2.75. The molecule has 4 nitrogen and oxygen atoms in total. The molecule has 1 aromatic heterocycles. The molecular weight excluding hydrogens is 385 g/mol. The Kier molecular flexibility index (Phi) is 4.37. The molecule has 0 radical (unpaired) electrons. The second kappa shape index (κ2) is 5.35. The highest BCUT2D eigenvalue weighted by Crippen LogP contribution is 2.36. The van der Waals surface area contributed by atoms with Crippen LogP contribution in [-0.4, -0.2) is 15.4 Å². The first-order valence-corrected chi connectivity index (χ1v) is 7.02. The topological polar surface area (TPSA) is 57.8 Å². The highest BCUT2D eigenvalue weighted by molar-refractivity contribution is 9.10. The first-order valence-electron chi connectivity index (χ1n) is 4.52. The Morgan fingerprint density at radius 3 is 2.44 bits per heavy atom. The van der Waals surface area contributed by atoms with Gasteiger partial charge in [0.25, 0.3) is 5.69 Å². The van der Waals surface area contributed by atoms with Crippen LogP contribution in [0.2, 0.25) is 15.2 Å². The number of nitrogens with zero attached hydrogens (tertiary/aromatic N) is 1. The molecule has 1 aromatic carbocycles. The van der Waals surface area contributed by atoms with Crippen LogP contribution in [0, 0.1) is 0 Å². The SMILES string of the molecule is O[NH+](O)c1c(Cl)nc2c(P)c(Br)c(Cl)cc2c1Cl. The lowest BCUT2D eigenvalue weighted by Crippen LogP contribution is -3.02. The normalized spacial score (nSPS) is 11.6. The molecule has 96 valence electrons. The summed E-state index contributed by atoms with van der Waals surface area (Å²) in [7, 11) is 2.48. The third-order valence-electron chi connectivity index (χ3n) is 2.32. The van der Waals surface area contributed by atoms with E-state index in [-0.39, 0.29) is 15.9 Å². The monoisotopic (exact) mass is 389 g/mol. The molecule has 3 N–H and O–H groups in total. The Hall–Kier alpha value is 0.290. The second-order valence-electron chi connectivity index (χ2n) is 3.40. The van der Waals surface area contributed by atoms with Gasteiger partial charge in [0.15, 0.2) is 5.15 Å². The van der Waals surface area contributed by atoms with Crippen LogP contribution in [0.3, 0.4) is 0 Å². The van der Waals surface area contributed by atoms with Crippen LogP contribution in [0.1, 0.15) is 0 Å². The second-order valence-corrected chi connectivity index (χ2v) is 5.91. The van der Waals surface area contributed by atoms with E-state index < -0.39 is 5.23 Å². The number of halogens is 4. The third-order valence-corrected chi connectivity index (χ3v) is 5.35. The van der Waals surface area contributed by atoms with Gasteiger partial charge in [-0.15, -0.1) is 9.24 Å². The minimum atomic E-state index is -0.983. The molecule has 0 fully saturated rings. The molecule has 2 aromatic rings. The summed E-state index contributed by atoms with van der Waals surface area (Å²) in [4.78, 5) is 4.09. The molecule has 0 bridgehead atoms. The molecule has 9 heteroatoms. The molecule has 1 heterocycles. The van der Waals surface area contributed by atoms with E-state index >= 15 is 0 Å². The van der Waals surface area contributed by atoms with Crippen molar-refractivity contribution in [2.45, 2.75) is 0 Å². The van der Waals surface area contributed by atoms with Crippen LogP contribution in [0.4, 0.5) is 5.69 Å². The van der Waals surface area contributed by atoms with E-state index in [2.05, 4.69) is 30.2 Å². The fourth-order valence-electron chi connectivity index (χ4n) is 1.49. The van der Waals surface area contributed by atoms with Crippen LogP contribution in [0.15, 0.2) is 10.5 Å². The van der Waals surface area contributed by atoms with E-state index in [1.807, 2.05) is 0 Å². The Balaban J connectivity index is 2.96. The summed E-state index contributed by atoms with van der Waals surface area (Å²) in [5.41, 5.74) is 0.393. The minimum Gasteiger partial charge on any atom is -0.229 e. The molecule has 1 unspecified atom stereocenters. The molecule has 0 saturated carbocycles. The van der Waals surface area contributed by atoms with Crippen molar-refractivity contribution >= 4 is 81.9 Å². The number of hydrogen-bond acceptors (Lipinski definition) is 3. The van der Waals surface area contributed by atoms with Gasteiger partial charge in [-0.1, -0.05) is 34.8 Å². The summed E-state index contributed by atoms with van der Waals surface area (Å²) in [6, 6.07) is 1.58. The summed E-state index contributed by atoms with van der Waals surface area (Å²) >= 11 is 21.3. The van der Waals surface area contributed by atoms with E-state index in [9.17, 15) is 0 Å². The molecule has 0 spiro atoms. The first-order chi connectivity index (χ1) is 8.34. The molecular formula is C9H6BrCl3N2O2P+. The molecule has 1 atom stereocenters. The number of benzene rings is 1. The summed E-state index contributed by atoms with van der Waals surface area (Å²) in [6.07, 6.45) is 0. The summed E-state index contributed by atoms with van der Waals surface area (Å²) in [6.45, 7) is 0. The highest BCUT2D eigenvalue weighted by atomic mass is 79.9. The zero-order valence-corrected chi connectivity index (χ0v) is 13.5. The zero-order valence-electron chi connectivity index (χ0n) is 8.51.